The van der Waals surface area contributed by atoms with E-state index < -0.39 is 0 Å². The number of carbonyl (C=O) groups excluding carboxylic acids is 1. The van der Waals surface area contributed by atoms with Crippen molar-refractivity contribution in [1.82, 2.24) is 5.16 Å². The van der Waals surface area contributed by atoms with Crippen molar-refractivity contribution < 1.29 is 9.32 Å². The van der Waals surface area contributed by atoms with Crippen LogP contribution >= 0.6 is 0 Å². The third-order valence-electron chi connectivity index (χ3n) is 2.85. The number of rotatable bonds is 3. The van der Waals surface area contributed by atoms with Gasteiger partial charge in [-0.2, -0.15) is 0 Å². The molecule has 3 rings (SSSR count). The fourth-order valence-corrected chi connectivity index (χ4v) is 1.87. The van der Waals surface area contributed by atoms with Crippen LogP contribution in [0.1, 0.15) is 5.56 Å². The van der Waals surface area contributed by atoms with Crippen molar-refractivity contribution in [2.24, 2.45) is 0 Å². The zero-order chi connectivity index (χ0) is 13.8. The number of anilines is 1. The summed E-state index contributed by atoms with van der Waals surface area (Å²) in [5.74, 6) is 0.191. The van der Waals surface area contributed by atoms with Gasteiger partial charge in [-0.25, -0.2) is 0 Å². The second-order valence-corrected chi connectivity index (χ2v) is 4.26. The Morgan fingerprint density at radius 1 is 1.05 bits per heavy atom. The van der Waals surface area contributed by atoms with Crippen LogP contribution < -0.4 is 5.32 Å². The molecule has 0 bridgehead atoms. The summed E-state index contributed by atoms with van der Waals surface area (Å²) in [5.41, 5.74) is 1.61. The highest BCUT2D eigenvalue weighted by Gasteiger charge is 2.08. The number of para-hydroxylation sites is 1. The Hall–Kier alpha value is -2.88. The highest BCUT2D eigenvalue weighted by Crippen LogP contribution is 2.21. The minimum Gasteiger partial charge on any atom is -0.354 e. The highest BCUT2D eigenvalue weighted by atomic mass is 16.5. The zero-order valence-corrected chi connectivity index (χ0v) is 10.6. The van der Waals surface area contributed by atoms with E-state index in [4.69, 9.17) is 4.52 Å². The number of fused-ring (bicyclic) bond motifs is 1. The Morgan fingerprint density at radius 2 is 1.80 bits per heavy atom. The maximum atomic E-state index is 11.8. The van der Waals surface area contributed by atoms with Crippen LogP contribution in [0.2, 0.25) is 0 Å². The summed E-state index contributed by atoms with van der Waals surface area (Å²) in [5, 5.41) is 7.34. The van der Waals surface area contributed by atoms with Gasteiger partial charge in [0.05, 0.1) is 5.39 Å². The lowest BCUT2D eigenvalue weighted by atomic mass is 10.2. The number of nitrogens with zero attached hydrogens (tertiary/aromatic N) is 1. The number of hydrogen-bond acceptors (Lipinski definition) is 3. The van der Waals surface area contributed by atoms with E-state index in [2.05, 4.69) is 10.5 Å². The molecule has 0 spiro atoms. The molecule has 20 heavy (non-hydrogen) atoms. The van der Waals surface area contributed by atoms with Gasteiger partial charge in [-0.05, 0) is 23.8 Å². The minimum absolute atomic E-state index is 0.243. The van der Waals surface area contributed by atoms with E-state index in [1.165, 1.54) is 6.08 Å². The molecule has 1 N–H and O–H groups in total. The fraction of sp³-hybridized carbons (Fsp3) is 0. The normalized spacial score (nSPS) is 11.0. The van der Waals surface area contributed by atoms with Crippen LogP contribution in [0.15, 0.2) is 65.2 Å². The number of nitrogens with one attached hydrogen (secondary N) is 1. The summed E-state index contributed by atoms with van der Waals surface area (Å²) in [6.45, 7) is 0. The third kappa shape index (κ3) is 2.59. The maximum Gasteiger partial charge on any atom is 0.249 e. The average molecular weight is 264 g/mol. The zero-order valence-electron chi connectivity index (χ0n) is 10.6. The van der Waals surface area contributed by atoms with Crippen LogP contribution in [0.25, 0.3) is 17.0 Å². The summed E-state index contributed by atoms with van der Waals surface area (Å²) >= 11 is 0. The lowest BCUT2D eigenvalue weighted by Crippen LogP contribution is -2.08. The molecule has 0 fully saturated rings. The number of hydrogen-bond donors (Lipinski definition) is 1. The van der Waals surface area contributed by atoms with E-state index in [-0.39, 0.29) is 5.91 Å². The largest absolute Gasteiger partial charge is 0.354 e. The van der Waals surface area contributed by atoms with Crippen molar-refractivity contribution in [3.8, 4) is 0 Å². The molecule has 0 radical (unpaired) electrons. The lowest BCUT2D eigenvalue weighted by molar-refractivity contribution is -0.111. The predicted molar refractivity (Wildman–Crippen MR) is 78.1 cm³/mol. The number of benzene rings is 2. The molecular weight excluding hydrogens is 252 g/mol. The molecule has 0 unspecified atom stereocenters. The second kappa shape index (κ2) is 5.40. The van der Waals surface area contributed by atoms with Crippen LogP contribution in [0.3, 0.4) is 0 Å². The Bertz CT molecular complexity index is 760. The van der Waals surface area contributed by atoms with E-state index >= 15 is 0 Å². The van der Waals surface area contributed by atoms with E-state index in [0.29, 0.717) is 11.4 Å². The molecule has 98 valence electrons. The monoisotopic (exact) mass is 264 g/mol. The van der Waals surface area contributed by atoms with Crippen LogP contribution in [0.5, 0.6) is 0 Å². The Balaban J connectivity index is 1.75. The van der Waals surface area contributed by atoms with Gasteiger partial charge < -0.3 is 9.84 Å². The highest BCUT2D eigenvalue weighted by molar-refractivity contribution is 6.05. The second-order valence-electron chi connectivity index (χ2n) is 4.26. The SMILES string of the molecule is O=C(/C=C/c1ccccc1)Nc1noc2ccccc12. The summed E-state index contributed by atoms with van der Waals surface area (Å²) in [6, 6.07) is 17.0. The molecule has 2 aromatic carbocycles. The standard InChI is InChI=1S/C16H12N2O2/c19-15(11-10-12-6-2-1-3-7-12)17-16-13-8-4-5-9-14(13)20-18-16/h1-11H,(H,17,18,19)/b11-10+. The Kier molecular flexibility index (Phi) is 3.29. The van der Waals surface area contributed by atoms with Crippen LogP contribution in [0.4, 0.5) is 5.82 Å². The Morgan fingerprint density at radius 3 is 2.65 bits per heavy atom. The molecular formula is C16H12N2O2. The summed E-state index contributed by atoms with van der Waals surface area (Å²) in [6.07, 6.45) is 3.22. The van der Waals surface area contributed by atoms with Crippen molar-refractivity contribution in [1.29, 1.82) is 0 Å². The fourth-order valence-electron chi connectivity index (χ4n) is 1.87. The van der Waals surface area contributed by atoms with Crippen molar-refractivity contribution in [3.63, 3.8) is 0 Å². The molecule has 0 aliphatic heterocycles. The molecule has 0 saturated heterocycles. The summed E-state index contributed by atoms with van der Waals surface area (Å²) < 4.78 is 5.12. The van der Waals surface area contributed by atoms with Gasteiger partial charge in [0.1, 0.15) is 0 Å². The summed E-state index contributed by atoms with van der Waals surface area (Å²) in [4.78, 5) is 11.8. The molecule has 0 aliphatic rings. The first-order valence-corrected chi connectivity index (χ1v) is 6.21. The first-order chi connectivity index (χ1) is 9.83. The first kappa shape index (κ1) is 12.2. The smallest absolute Gasteiger partial charge is 0.249 e. The molecule has 4 nitrogen and oxygen atoms in total. The molecule has 1 amide bonds. The summed E-state index contributed by atoms with van der Waals surface area (Å²) in [7, 11) is 0. The van der Waals surface area contributed by atoms with Crippen molar-refractivity contribution in [2.75, 3.05) is 5.32 Å². The van der Waals surface area contributed by atoms with E-state index in [0.717, 1.165) is 10.9 Å². The molecule has 3 aromatic rings. The van der Waals surface area contributed by atoms with Gasteiger partial charge in [-0.3, -0.25) is 4.79 Å². The number of carbonyl (C=O) groups is 1. The van der Waals surface area contributed by atoms with E-state index in [9.17, 15) is 4.79 Å². The number of aromatic nitrogens is 1. The lowest BCUT2D eigenvalue weighted by Gasteiger charge is -1.96. The molecule has 1 aromatic heterocycles. The van der Waals surface area contributed by atoms with Gasteiger partial charge in [-0.1, -0.05) is 47.6 Å². The molecule has 1 heterocycles. The van der Waals surface area contributed by atoms with E-state index in [1.54, 1.807) is 12.1 Å². The van der Waals surface area contributed by atoms with Gasteiger partial charge in [0.25, 0.3) is 0 Å². The van der Waals surface area contributed by atoms with Crippen LogP contribution in [-0.2, 0) is 4.79 Å². The van der Waals surface area contributed by atoms with Crippen molar-refractivity contribution in [2.45, 2.75) is 0 Å². The van der Waals surface area contributed by atoms with Crippen LogP contribution in [-0.4, -0.2) is 11.1 Å². The van der Waals surface area contributed by atoms with Crippen molar-refractivity contribution >= 4 is 28.8 Å². The maximum absolute atomic E-state index is 11.8. The van der Waals surface area contributed by atoms with Gasteiger partial charge >= 0.3 is 0 Å². The quantitative estimate of drug-likeness (QED) is 0.737. The van der Waals surface area contributed by atoms with Gasteiger partial charge in [0, 0.05) is 6.08 Å². The van der Waals surface area contributed by atoms with Gasteiger partial charge in [-0.15, -0.1) is 0 Å². The van der Waals surface area contributed by atoms with Gasteiger partial charge in [0.15, 0.2) is 11.4 Å². The predicted octanol–water partition coefficient (Wildman–Crippen LogP) is 3.48. The van der Waals surface area contributed by atoms with Crippen molar-refractivity contribution in [3.05, 3.63) is 66.2 Å². The topological polar surface area (TPSA) is 55.1 Å². The number of amides is 1. The molecule has 4 heteroatoms. The minimum atomic E-state index is -0.243. The third-order valence-corrected chi connectivity index (χ3v) is 2.85. The molecule has 0 atom stereocenters. The molecule has 0 saturated carbocycles. The Labute approximate surface area is 115 Å². The molecule has 0 aliphatic carbocycles. The van der Waals surface area contributed by atoms with Crippen LogP contribution in [0, 0.1) is 0 Å². The van der Waals surface area contributed by atoms with Gasteiger partial charge in [0.2, 0.25) is 5.91 Å². The first-order valence-electron chi connectivity index (χ1n) is 6.21. The van der Waals surface area contributed by atoms with E-state index in [1.807, 2.05) is 48.5 Å². The average Bonchev–Trinajstić information content (AvgIpc) is 2.90.